The van der Waals surface area contributed by atoms with Crippen molar-refractivity contribution in [1.82, 2.24) is 4.31 Å². The van der Waals surface area contributed by atoms with Gasteiger partial charge in [0.2, 0.25) is 10.0 Å². The Kier molecular flexibility index (Phi) is 9.28. The van der Waals surface area contributed by atoms with Crippen LogP contribution in [0.2, 0.25) is 0 Å². The number of nitrogens with zero attached hydrogens (tertiary/aromatic N) is 5. The highest BCUT2D eigenvalue weighted by molar-refractivity contribution is 7.89. The first kappa shape index (κ1) is 32.2. The van der Waals surface area contributed by atoms with Crippen molar-refractivity contribution in [3.8, 4) is 0 Å². The van der Waals surface area contributed by atoms with E-state index in [-0.39, 0.29) is 18.1 Å². The van der Waals surface area contributed by atoms with Gasteiger partial charge in [0, 0.05) is 46.0 Å². The molecule has 11 nitrogen and oxygen atoms in total. The molecule has 0 bridgehead atoms. The van der Waals surface area contributed by atoms with Gasteiger partial charge in [-0.15, -0.1) is 15.3 Å². The summed E-state index contributed by atoms with van der Waals surface area (Å²) < 4.78 is 27.8. The molecule has 6 rings (SSSR count). The van der Waals surface area contributed by atoms with Crippen LogP contribution in [0, 0.1) is 0 Å². The zero-order chi connectivity index (χ0) is 33.0. The summed E-state index contributed by atoms with van der Waals surface area (Å²) >= 11 is 0. The topological polar surface area (TPSA) is 151 Å². The lowest BCUT2D eigenvalue weighted by molar-refractivity contribution is 0.152. The van der Waals surface area contributed by atoms with Gasteiger partial charge in [0.05, 0.1) is 40.9 Å². The molecule has 0 aromatic heterocycles. The summed E-state index contributed by atoms with van der Waals surface area (Å²) in [6.07, 6.45) is 1.50. The van der Waals surface area contributed by atoms with Crippen molar-refractivity contribution in [3.05, 3.63) is 91.0 Å². The van der Waals surface area contributed by atoms with Gasteiger partial charge in [-0.1, -0.05) is 50.2 Å². The molecule has 4 N–H and O–H groups in total. The molecule has 0 fully saturated rings. The summed E-state index contributed by atoms with van der Waals surface area (Å²) in [6, 6.07) is 27.4. The largest absolute Gasteiger partial charge is 0.392 e. The second kappa shape index (κ2) is 13.5. The number of aliphatic hydroxyl groups is 2. The number of sulfonamides is 1. The van der Waals surface area contributed by atoms with Gasteiger partial charge >= 0.3 is 0 Å². The number of hydrogen-bond acceptors (Lipinski definition) is 10. The quantitative estimate of drug-likeness (QED) is 0.1000. The van der Waals surface area contributed by atoms with Gasteiger partial charge in [-0.25, -0.2) is 8.42 Å². The van der Waals surface area contributed by atoms with Gasteiger partial charge in [0.15, 0.2) is 5.66 Å². The number of azo groups is 2. The molecule has 0 aliphatic carbocycles. The molecule has 0 amide bonds. The Labute approximate surface area is 273 Å². The summed E-state index contributed by atoms with van der Waals surface area (Å²) in [5, 5.41) is 47.9. The van der Waals surface area contributed by atoms with Crippen LogP contribution in [0.3, 0.4) is 0 Å². The number of benzene rings is 5. The zero-order valence-electron chi connectivity index (χ0n) is 26.3. The lowest BCUT2D eigenvalue weighted by Crippen LogP contribution is -2.54. The van der Waals surface area contributed by atoms with E-state index < -0.39 is 15.7 Å². The highest BCUT2D eigenvalue weighted by atomic mass is 32.2. The van der Waals surface area contributed by atoms with Crippen LogP contribution in [0.4, 0.5) is 34.1 Å². The van der Waals surface area contributed by atoms with Crippen molar-refractivity contribution < 1.29 is 18.6 Å². The van der Waals surface area contributed by atoms with Gasteiger partial charge in [-0.3, -0.25) is 0 Å². The first-order valence-electron chi connectivity index (χ1n) is 15.6. The fraction of sp³-hybridized carbons (Fsp3) is 0.257. The maximum atomic E-state index is 13.1. The lowest BCUT2D eigenvalue weighted by atomic mass is 9.99. The second-order valence-corrected chi connectivity index (χ2v) is 13.4. The van der Waals surface area contributed by atoms with Gasteiger partial charge in [-0.2, -0.15) is 9.42 Å². The minimum Gasteiger partial charge on any atom is -0.392 e. The van der Waals surface area contributed by atoms with Crippen molar-refractivity contribution in [2.24, 2.45) is 20.5 Å². The van der Waals surface area contributed by atoms with E-state index in [4.69, 9.17) is 0 Å². The summed E-state index contributed by atoms with van der Waals surface area (Å²) in [4.78, 5) is 0.241. The Morgan fingerprint density at radius 3 is 1.72 bits per heavy atom. The summed E-state index contributed by atoms with van der Waals surface area (Å²) in [7, 11) is -3.57. The maximum absolute atomic E-state index is 13.1. The van der Waals surface area contributed by atoms with E-state index in [1.807, 2.05) is 80.6 Å². The van der Waals surface area contributed by atoms with Crippen LogP contribution >= 0.6 is 0 Å². The minimum atomic E-state index is -3.57. The number of anilines is 2. The van der Waals surface area contributed by atoms with Crippen molar-refractivity contribution in [2.45, 2.75) is 37.2 Å². The normalized spacial score (nSPS) is 14.3. The monoisotopic (exact) mass is 651 g/mol. The molecule has 0 saturated heterocycles. The number of aliphatic hydroxyl groups excluding tert-OH is 2. The molecule has 1 aliphatic rings. The van der Waals surface area contributed by atoms with E-state index >= 15 is 0 Å². The molecule has 0 saturated carbocycles. The van der Waals surface area contributed by atoms with Gasteiger partial charge < -0.3 is 20.8 Å². The third-order valence-electron chi connectivity index (χ3n) is 8.14. The highest BCUT2D eigenvalue weighted by Gasteiger charge is 2.33. The van der Waals surface area contributed by atoms with Crippen LogP contribution in [0.5, 0.6) is 0 Å². The van der Waals surface area contributed by atoms with E-state index in [0.717, 1.165) is 45.8 Å². The molecule has 5 aromatic rings. The SMILES string of the molecule is CCCN(CCC)S(=O)(=O)c1ccc(N=Nc2ccc(N=Nc3ccc4c5c(cccc35)NC(CO)(CO)N4)c3ccccc23)cc1. The van der Waals surface area contributed by atoms with Crippen molar-refractivity contribution >= 4 is 65.7 Å². The number of rotatable bonds is 12. The van der Waals surface area contributed by atoms with Crippen LogP contribution in [0.25, 0.3) is 21.5 Å². The molecule has 0 radical (unpaired) electrons. The average molecular weight is 652 g/mol. The molecule has 1 aliphatic heterocycles. The van der Waals surface area contributed by atoms with Crippen LogP contribution < -0.4 is 10.6 Å². The first-order valence-corrected chi connectivity index (χ1v) is 17.1. The van der Waals surface area contributed by atoms with Crippen LogP contribution in [0.1, 0.15) is 26.7 Å². The molecular weight excluding hydrogens is 614 g/mol. The fourth-order valence-corrected chi connectivity index (χ4v) is 7.41. The molecule has 47 heavy (non-hydrogen) atoms. The lowest BCUT2D eigenvalue weighted by Gasteiger charge is -2.38. The smallest absolute Gasteiger partial charge is 0.243 e. The highest BCUT2D eigenvalue weighted by Crippen LogP contribution is 2.42. The molecule has 1 heterocycles. The molecule has 5 aromatic carbocycles. The standard InChI is InChI=1S/C35H37N7O4S/c1-3-20-42(21-4-2)47(45,46)25-14-12-24(13-15-25)38-39-29-16-17-30(27-9-6-5-8-26(27)29)40-41-31-18-19-33-34-28(31)10-7-11-32(34)36-35(22-43,23-44)37-33/h5-19,36-37,43-44H,3-4,20-23H2,1-2H3. The Morgan fingerprint density at radius 2 is 1.15 bits per heavy atom. The maximum Gasteiger partial charge on any atom is 0.243 e. The minimum absolute atomic E-state index is 0.241. The molecule has 242 valence electrons. The van der Waals surface area contributed by atoms with E-state index in [1.165, 1.54) is 4.31 Å². The molecule has 0 spiro atoms. The zero-order valence-corrected chi connectivity index (χ0v) is 27.1. The first-order chi connectivity index (χ1) is 22.8. The Hall–Kier alpha value is -4.75. The number of fused-ring (bicyclic) bond motifs is 1. The van der Waals surface area contributed by atoms with E-state index in [0.29, 0.717) is 35.8 Å². The molecule has 12 heteroatoms. The van der Waals surface area contributed by atoms with Crippen LogP contribution in [-0.4, -0.2) is 54.9 Å². The number of hydrogen-bond donors (Lipinski definition) is 4. The second-order valence-electron chi connectivity index (χ2n) is 11.5. The van der Waals surface area contributed by atoms with Gasteiger partial charge in [-0.05, 0) is 67.4 Å². The van der Waals surface area contributed by atoms with Crippen LogP contribution in [0.15, 0.2) is 116 Å². The third-order valence-corrected chi connectivity index (χ3v) is 10.1. The molecule has 0 unspecified atom stereocenters. The summed E-state index contributed by atoms with van der Waals surface area (Å²) in [5.41, 5.74) is 3.01. The number of nitrogens with one attached hydrogen (secondary N) is 2. The molecular formula is C35H37N7O4S. The van der Waals surface area contributed by atoms with E-state index in [2.05, 4.69) is 31.1 Å². The van der Waals surface area contributed by atoms with Crippen molar-refractivity contribution in [2.75, 3.05) is 36.9 Å². The average Bonchev–Trinajstić information content (AvgIpc) is 3.10. The van der Waals surface area contributed by atoms with Gasteiger partial charge in [0.1, 0.15) is 0 Å². The summed E-state index contributed by atoms with van der Waals surface area (Å²) in [5.74, 6) is 0. The van der Waals surface area contributed by atoms with Crippen molar-refractivity contribution in [3.63, 3.8) is 0 Å². The fourth-order valence-electron chi connectivity index (χ4n) is 5.79. The predicted molar refractivity (Wildman–Crippen MR) is 186 cm³/mol. The van der Waals surface area contributed by atoms with E-state index in [1.54, 1.807) is 24.3 Å². The summed E-state index contributed by atoms with van der Waals surface area (Å²) in [6.45, 7) is 4.31. The van der Waals surface area contributed by atoms with Crippen molar-refractivity contribution in [1.29, 1.82) is 0 Å². The molecule has 0 atom stereocenters. The van der Waals surface area contributed by atoms with Gasteiger partial charge in [0.25, 0.3) is 0 Å². The Balaban J connectivity index is 1.27. The predicted octanol–water partition coefficient (Wildman–Crippen LogP) is 8.15. The van der Waals surface area contributed by atoms with Crippen LogP contribution in [-0.2, 0) is 10.0 Å². The Morgan fingerprint density at radius 1 is 0.638 bits per heavy atom. The third kappa shape index (κ3) is 6.32. The van der Waals surface area contributed by atoms with E-state index in [9.17, 15) is 18.6 Å². The Bertz CT molecular complexity index is 2060.